The third-order valence-electron chi connectivity index (χ3n) is 4.19. The fourth-order valence-electron chi connectivity index (χ4n) is 3.20. The average Bonchev–Trinajstić information content (AvgIpc) is 2.31. The van der Waals surface area contributed by atoms with Gasteiger partial charge in [0.1, 0.15) is 0 Å². The summed E-state index contributed by atoms with van der Waals surface area (Å²) in [6.07, 6.45) is 10.2. The standard InChI is InChI=1S/C13H25NO/c1-15-13-6-4-11(5-7-13)9-12-3-2-8-14-10-12/h11-14H,2-10H2,1H3. The van der Waals surface area contributed by atoms with Crippen LogP contribution in [0, 0.1) is 11.8 Å². The van der Waals surface area contributed by atoms with Crippen molar-refractivity contribution in [2.45, 2.75) is 51.0 Å². The van der Waals surface area contributed by atoms with Crippen molar-refractivity contribution in [3.63, 3.8) is 0 Å². The molecule has 1 heterocycles. The maximum Gasteiger partial charge on any atom is 0.0571 e. The number of methoxy groups -OCH3 is 1. The number of ether oxygens (including phenoxy) is 1. The third-order valence-corrected chi connectivity index (χ3v) is 4.19. The first-order valence-electron chi connectivity index (χ1n) is 6.62. The van der Waals surface area contributed by atoms with E-state index in [1.54, 1.807) is 0 Å². The predicted molar refractivity (Wildman–Crippen MR) is 63.0 cm³/mol. The van der Waals surface area contributed by atoms with E-state index in [4.69, 9.17) is 4.74 Å². The summed E-state index contributed by atoms with van der Waals surface area (Å²) in [6.45, 7) is 2.51. The first-order valence-corrected chi connectivity index (χ1v) is 6.62. The topological polar surface area (TPSA) is 21.3 Å². The molecular formula is C13H25NO. The molecule has 2 aliphatic rings. The van der Waals surface area contributed by atoms with E-state index in [1.165, 1.54) is 58.0 Å². The lowest BCUT2D eigenvalue weighted by Gasteiger charge is -2.31. The molecular weight excluding hydrogens is 186 g/mol. The van der Waals surface area contributed by atoms with E-state index >= 15 is 0 Å². The molecule has 1 saturated carbocycles. The summed E-state index contributed by atoms with van der Waals surface area (Å²) in [4.78, 5) is 0. The molecule has 1 aliphatic heterocycles. The summed E-state index contributed by atoms with van der Waals surface area (Å²) < 4.78 is 5.42. The van der Waals surface area contributed by atoms with E-state index in [0.29, 0.717) is 6.10 Å². The van der Waals surface area contributed by atoms with Gasteiger partial charge < -0.3 is 10.1 Å². The quantitative estimate of drug-likeness (QED) is 0.774. The van der Waals surface area contributed by atoms with E-state index in [-0.39, 0.29) is 0 Å². The zero-order valence-corrected chi connectivity index (χ0v) is 10.0. The molecule has 1 aliphatic carbocycles. The lowest BCUT2D eigenvalue weighted by Crippen LogP contribution is -2.32. The minimum atomic E-state index is 0.561. The van der Waals surface area contributed by atoms with Crippen LogP contribution in [0.4, 0.5) is 0 Å². The second-order valence-electron chi connectivity index (χ2n) is 5.33. The Hall–Kier alpha value is -0.0800. The van der Waals surface area contributed by atoms with Crippen molar-refractivity contribution >= 4 is 0 Å². The molecule has 2 rings (SSSR count). The summed E-state index contributed by atoms with van der Waals surface area (Å²) in [5.74, 6) is 1.95. The van der Waals surface area contributed by atoms with Crippen LogP contribution in [0.25, 0.3) is 0 Å². The zero-order valence-electron chi connectivity index (χ0n) is 10.0. The van der Waals surface area contributed by atoms with Gasteiger partial charge in [-0.2, -0.15) is 0 Å². The zero-order chi connectivity index (χ0) is 10.5. The van der Waals surface area contributed by atoms with Crippen LogP contribution >= 0.6 is 0 Å². The molecule has 0 radical (unpaired) electrons. The number of rotatable bonds is 3. The Kier molecular flexibility index (Phi) is 4.45. The highest BCUT2D eigenvalue weighted by atomic mass is 16.5. The van der Waals surface area contributed by atoms with Crippen LogP contribution in [0.15, 0.2) is 0 Å². The van der Waals surface area contributed by atoms with Crippen molar-refractivity contribution in [1.82, 2.24) is 5.32 Å². The van der Waals surface area contributed by atoms with E-state index in [0.717, 1.165) is 11.8 Å². The number of hydrogen-bond acceptors (Lipinski definition) is 2. The fourth-order valence-corrected chi connectivity index (χ4v) is 3.20. The van der Waals surface area contributed by atoms with Crippen LogP contribution in [0.5, 0.6) is 0 Å². The Labute approximate surface area is 93.8 Å². The molecule has 0 spiro atoms. The van der Waals surface area contributed by atoms with E-state index in [2.05, 4.69) is 5.32 Å². The van der Waals surface area contributed by atoms with E-state index in [1.807, 2.05) is 7.11 Å². The molecule has 0 aromatic rings. The van der Waals surface area contributed by atoms with Gasteiger partial charge in [0.25, 0.3) is 0 Å². The van der Waals surface area contributed by atoms with Gasteiger partial charge in [0.05, 0.1) is 6.10 Å². The van der Waals surface area contributed by atoms with Gasteiger partial charge in [0, 0.05) is 7.11 Å². The van der Waals surface area contributed by atoms with Crippen molar-refractivity contribution in [2.24, 2.45) is 11.8 Å². The lowest BCUT2D eigenvalue weighted by atomic mass is 9.80. The molecule has 2 fully saturated rings. The van der Waals surface area contributed by atoms with Crippen LogP contribution < -0.4 is 5.32 Å². The van der Waals surface area contributed by atoms with Gasteiger partial charge in [-0.05, 0) is 69.9 Å². The van der Waals surface area contributed by atoms with Crippen LogP contribution in [0.1, 0.15) is 44.9 Å². The Bertz CT molecular complexity index is 169. The lowest BCUT2D eigenvalue weighted by molar-refractivity contribution is 0.0521. The second kappa shape index (κ2) is 5.86. The molecule has 0 aromatic heterocycles. The summed E-state index contributed by atoms with van der Waals surface area (Å²) in [5.41, 5.74) is 0. The van der Waals surface area contributed by atoms with Gasteiger partial charge in [0.2, 0.25) is 0 Å². The summed E-state index contributed by atoms with van der Waals surface area (Å²) >= 11 is 0. The maximum absolute atomic E-state index is 5.42. The van der Waals surface area contributed by atoms with Crippen molar-refractivity contribution in [1.29, 1.82) is 0 Å². The van der Waals surface area contributed by atoms with Crippen molar-refractivity contribution in [2.75, 3.05) is 20.2 Å². The highest BCUT2D eigenvalue weighted by Gasteiger charge is 2.24. The highest BCUT2D eigenvalue weighted by Crippen LogP contribution is 2.32. The van der Waals surface area contributed by atoms with Crippen molar-refractivity contribution in [3.05, 3.63) is 0 Å². The van der Waals surface area contributed by atoms with Gasteiger partial charge in [-0.1, -0.05) is 0 Å². The van der Waals surface area contributed by atoms with Crippen LogP contribution in [-0.4, -0.2) is 26.3 Å². The summed E-state index contributed by atoms with van der Waals surface area (Å²) in [5, 5.41) is 3.52. The molecule has 1 atom stereocenters. The van der Waals surface area contributed by atoms with Gasteiger partial charge in [-0.3, -0.25) is 0 Å². The molecule has 1 saturated heterocycles. The molecule has 0 amide bonds. The minimum absolute atomic E-state index is 0.561. The normalized spacial score (nSPS) is 37.8. The van der Waals surface area contributed by atoms with Gasteiger partial charge >= 0.3 is 0 Å². The van der Waals surface area contributed by atoms with Crippen molar-refractivity contribution in [3.8, 4) is 0 Å². The second-order valence-corrected chi connectivity index (χ2v) is 5.33. The molecule has 1 N–H and O–H groups in total. The monoisotopic (exact) mass is 211 g/mol. The first kappa shape index (κ1) is 11.4. The van der Waals surface area contributed by atoms with Gasteiger partial charge in [0.15, 0.2) is 0 Å². The fraction of sp³-hybridized carbons (Fsp3) is 1.00. The van der Waals surface area contributed by atoms with Crippen LogP contribution in [0.2, 0.25) is 0 Å². The van der Waals surface area contributed by atoms with Gasteiger partial charge in [-0.15, -0.1) is 0 Å². The summed E-state index contributed by atoms with van der Waals surface area (Å²) in [6, 6.07) is 0. The predicted octanol–water partition coefficient (Wildman–Crippen LogP) is 2.58. The number of hydrogen-bond donors (Lipinski definition) is 1. The minimum Gasteiger partial charge on any atom is -0.381 e. The molecule has 0 bridgehead atoms. The third kappa shape index (κ3) is 3.46. The highest BCUT2D eigenvalue weighted by molar-refractivity contribution is 4.77. The van der Waals surface area contributed by atoms with Crippen molar-refractivity contribution < 1.29 is 4.74 Å². The maximum atomic E-state index is 5.42. The summed E-state index contributed by atoms with van der Waals surface area (Å²) in [7, 11) is 1.86. The largest absolute Gasteiger partial charge is 0.381 e. The van der Waals surface area contributed by atoms with Crippen LogP contribution in [0.3, 0.4) is 0 Å². The molecule has 15 heavy (non-hydrogen) atoms. The Morgan fingerprint density at radius 1 is 1.07 bits per heavy atom. The SMILES string of the molecule is COC1CCC(CC2CCCNC2)CC1. The smallest absolute Gasteiger partial charge is 0.0571 e. The van der Waals surface area contributed by atoms with E-state index in [9.17, 15) is 0 Å². The molecule has 2 nitrogen and oxygen atoms in total. The van der Waals surface area contributed by atoms with Gasteiger partial charge in [-0.25, -0.2) is 0 Å². The molecule has 88 valence electrons. The molecule has 1 unspecified atom stereocenters. The Morgan fingerprint density at radius 2 is 1.87 bits per heavy atom. The van der Waals surface area contributed by atoms with E-state index < -0.39 is 0 Å². The number of piperidine rings is 1. The Morgan fingerprint density at radius 3 is 2.47 bits per heavy atom. The Balaban J connectivity index is 1.67. The average molecular weight is 211 g/mol. The molecule has 0 aromatic carbocycles. The number of nitrogens with one attached hydrogen (secondary N) is 1. The molecule has 2 heteroatoms. The first-order chi connectivity index (χ1) is 7.38. The van der Waals surface area contributed by atoms with Crippen LogP contribution in [-0.2, 0) is 4.74 Å².